The lowest BCUT2D eigenvalue weighted by Gasteiger charge is -2.38. The van der Waals surface area contributed by atoms with E-state index in [4.69, 9.17) is 9.47 Å². The Hall–Kier alpha value is -1.59. The van der Waals surface area contributed by atoms with Crippen LogP contribution < -0.4 is 10.1 Å². The Kier molecular flexibility index (Phi) is 8.79. The number of carbonyl (C=O) groups is 1. The largest absolute Gasteiger partial charge is 0.492 e. The lowest BCUT2D eigenvalue weighted by molar-refractivity contribution is -0.147. The van der Waals surface area contributed by atoms with E-state index in [1.54, 1.807) is 0 Å². The van der Waals surface area contributed by atoms with Crippen LogP contribution in [0.5, 0.6) is 5.75 Å². The lowest BCUT2D eigenvalue weighted by atomic mass is 9.78. The van der Waals surface area contributed by atoms with Gasteiger partial charge in [-0.2, -0.15) is 0 Å². The molecule has 1 heterocycles. The molecule has 1 saturated heterocycles. The average Bonchev–Trinajstić information content (AvgIpc) is 2.74. The number of anilines is 1. The van der Waals surface area contributed by atoms with Gasteiger partial charge in [0.25, 0.3) is 5.91 Å². The number of likely N-dealkylation sites (tertiary alicyclic amines) is 1. The van der Waals surface area contributed by atoms with Crippen LogP contribution in [-0.4, -0.2) is 49.3 Å². The van der Waals surface area contributed by atoms with Crippen molar-refractivity contribution in [3.63, 3.8) is 0 Å². The first-order chi connectivity index (χ1) is 14.9. The number of hydrogen-bond donors (Lipinski definition) is 1. The highest BCUT2D eigenvalue weighted by molar-refractivity contribution is 5.97. The second kappa shape index (κ2) is 11.3. The highest BCUT2D eigenvalue weighted by Crippen LogP contribution is 2.36. The molecule has 0 aromatic heterocycles. The smallest absolute Gasteiger partial charge is 0.256 e. The van der Waals surface area contributed by atoms with Crippen LogP contribution in [0.3, 0.4) is 0 Å². The third-order valence-corrected chi connectivity index (χ3v) is 6.81. The fourth-order valence-electron chi connectivity index (χ4n) is 5.11. The Bertz CT molecular complexity index is 667. The molecule has 0 spiro atoms. The molecule has 0 bridgehead atoms. The van der Waals surface area contributed by atoms with Gasteiger partial charge in [-0.1, -0.05) is 27.7 Å². The van der Waals surface area contributed by atoms with Gasteiger partial charge in [0.2, 0.25) is 0 Å². The summed E-state index contributed by atoms with van der Waals surface area (Å²) in [5.41, 5.74) is 0.120. The zero-order chi connectivity index (χ0) is 22.3. The van der Waals surface area contributed by atoms with Gasteiger partial charge in [0, 0.05) is 31.9 Å². The van der Waals surface area contributed by atoms with E-state index in [9.17, 15) is 4.79 Å². The van der Waals surface area contributed by atoms with E-state index in [0.717, 1.165) is 61.9 Å². The predicted octanol–water partition coefficient (Wildman–Crippen LogP) is 5.36. The van der Waals surface area contributed by atoms with Crippen molar-refractivity contribution in [3.05, 3.63) is 24.3 Å². The van der Waals surface area contributed by atoms with Crippen LogP contribution in [0, 0.1) is 17.8 Å². The molecule has 2 aliphatic rings. The van der Waals surface area contributed by atoms with E-state index in [-0.39, 0.29) is 5.91 Å². The van der Waals surface area contributed by atoms with Crippen molar-refractivity contribution >= 4 is 11.6 Å². The highest BCUT2D eigenvalue weighted by atomic mass is 16.5. The molecule has 1 N–H and O–H groups in total. The van der Waals surface area contributed by atoms with Crippen molar-refractivity contribution in [2.75, 3.05) is 38.2 Å². The van der Waals surface area contributed by atoms with Crippen molar-refractivity contribution in [1.82, 2.24) is 4.90 Å². The molecule has 31 heavy (non-hydrogen) atoms. The molecule has 1 aromatic rings. The molecule has 3 rings (SSSR count). The zero-order valence-electron chi connectivity index (χ0n) is 20.0. The van der Waals surface area contributed by atoms with Gasteiger partial charge in [-0.25, -0.2) is 0 Å². The first-order valence-corrected chi connectivity index (χ1v) is 12.3. The summed E-state index contributed by atoms with van der Waals surface area (Å²) >= 11 is 0. The number of nitrogens with zero attached hydrogens (tertiary/aromatic N) is 1. The van der Waals surface area contributed by atoms with E-state index in [1.807, 2.05) is 24.3 Å². The van der Waals surface area contributed by atoms with E-state index < -0.39 is 5.60 Å². The molecule has 1 aliphatic heterocycles. The molecule has 2 atom stereocenters. The minimum Gasteiger partial charge on any atom is -0.492 e. The summed E-state index contributed by atoms with van der Waals surface area (Å²) in [7, 11) is 0. The van der Waals surface area contributed by atoms with Crippen molar-refractivity contribution in [2.24, 2.45) is 17.8 Å². The molecule has 2 unspecified atom stereocenters. The quantitative estimate of drug-likeness (QED) is 0.573. The minimum absolute atomic E-state index is 0.00476. The van der Waals surface area contributed by atoms with Crippen LogP contribution in [0.1, 0.15) is 66.2 Å². The summed E-state index contributed by atoms with van der Waals surface area (Å²) in [6.45, 7) is 13.6. The first kappa shape index (κ1) is 24.1. The molecule has 1 amide bonds. The van der Waals surface area contributed by atoms with E-state index >= 15 is 0 Å². The van der Waals surface area contributed by atoms with Crippen molar-refractivity contribution in [1.29, 1.82) is 0 Å². The van der Waals surface area contributed by atoms with Crippen LogP contribution in [0.25, 0.3) is 0 Å². The number of benzene rings is 1. The SMILES string of the molecule is CCCOC1(C(=O)Nc2ccc(OCCN3CC(C)CC(C)C3)cc2)CCC(C)CC1. The molecule has 1 aromatic carbocycles. The molecule has 1 saturated carbocycles. The van der Waals surface area contributed by atoms with Gasteiger partial charge in [-0.05, 0) is 80.5 Å². The Labute approximate surface area is 188 Å². The van der Waals surface area contributed by atoms with Gasteiger partial charge >= 0.3 is 0 Å². The summed E-state index contributed by atoms with van der Waals surface area (Å²) < 4.78 is 12.1. The van der Waals surface area contributed by atoms with Gasteiger partial charge in [0.1, 0.15) is 18.0 Å². The van der Waals surface area contributed by atoms with Crippen molar-refractivity contribution in [3.8, 4) is 5.75 Å². The predicted molar refractivity (Wildman–Crippen MR) is 127 cm³/mol. The van der Waals surface area contributed by atoms with Crippen molar-refractivity contribution < 1.29 is 14.3 Å². The Morgan fingerprint density at radius 3 is 2.29 bits per heavy atom. The molecular weight excluding hydrogens is 388 g/mol. The number of hydrogen-bond acceptors (Lipinski definition) is 4. The summed E-state index contributed by atoms with van der Waals surface area (Å²) in [6.07, 6.45) is 5.93. The standard InChI is InChI=1S/C26H42N2O3/c1-5-15-31-26(12-10-20(2)11-13-26)25(29)27-23-6-8-24(9-7-23)30-16-14-28-18-21(3)17-22(4)19-28/h6-9,20-22H,5,10-19H2,1-4H3,(H,27,29). The summed E-state index contributed by atoms with van der Waals surface area (Å²) in [5.74, 6) is 3.04. The van der Waals surface area contributed by atoms with Gasteiger partial charge < -0.3 is 14.8 Å². The maximum atomic E-state index is 13.1. The summed E-state index contributed by atoms with van der Waals surface area (Å²) in [6, 6.07) is 7.74. The third-order valence-electron chi connectivity index (χ3n) is 6.81. The maximum Gasteiger partial charge on any atom is 0.256 e. The Morgan fingerprint density at radius 1 is 1.03 bits per heavy atom. The van der Waals surface area contributed by atoms with Gasteiger partial charge in [-0.15, -0.1) is 0 Å². The second-order valence-corrected chi connectivity index (χ2v) is 10.1. The molecule has 1 aliphatic carbocycles. The second-order valence-electron chi connectivity index (χ2n) is 10.1. The maximum absolute atomic E-state index is 13.1. The topological polar surface area (TPSA) is 50.8 Å². The molecule has 5 heteroatoms. The number of ether oxygens (including phenoxy) is 2. The van der Waals surface area contributed by atoms with Crippen LogP contribution in [0.4, 0.5) is 5.69 Å². The lowest BCUT2D eigenvalue weighted by Crippen LogP contribution is -2.48. The normalized spacial score (nSPS) is 29.5. The number of carbonyl (C=O) groups excluding carboxylic acids is 1. The number of rotatable bonds is 9. The van der Waals surface area contributed by atoms with E-state index in [2.05, 4.69) is 37.9 Å². The average molecular weight is 431 g/mol. The van der Waals surface area contributed by atoms with Gasteiger partial charge in [0.05, 0.1) is 0 Å². The third kappa shape index (κ3) is 6.95. The fourth-order valence-corrected chi connectivity index (χ4v) is 5.11. The molecule has 174 valence electrons. The molecular formula is C26H42N2O3. The minimum atomic E-state index is -0.680. The number of amides is 1. The van der Waals surface area contributed by atoms with Crippen LogP contribution in [-0.2, 0) is 9.53 Å². The van der Waals surface area contributed by atoms with Crippen LogP contribution in [0.2, 0.25) is 0 Å². The first-order valence-electron chi connectivity index (χ1n) is 12.3. The molecule has 5 nitrogen and oxygen atoms in total. The van der Waals surface area contributed by atoms with Gasteiger partial charge in [-0.3, -0.25) is 9.69 Å². The Morgan fingerprint density at radius 2 is 1.68 bits per heavy atom. The molecule has 2 fully saturated rings. The Balaban J connectivity index is 1.49. The van der Waals surface area contributed by atoms with Crippen LogP contribution >= 0.6 is 0 Å². The van der Waals surface area contributed by atoms with Crippen molar-refractivity contribution in [2.45, 2.75) is 71.8 Å². The van der Waals surface area contributed by atoms with Crippen LogP contribution in [0.15, 0.2) is 24.3 Å². The number of piperidine rings is 1. The zero-order valence-corrected chi connectivity index (χ0v) is 20.0. The van der Waals surface area contributed by atoms with Gasteiger partial charge in [0.15, 0.2) is 0 Å². The summed E-state index contributed by atoms with van der Waals surface area (Å²) in [4.78, 5) is 15.6. The molecule has 0 radical (unpaired) electrons. The highest BCUT2D eigenvalue weighted by Gasteiger charge is 2.42. The summed E-state index contributed by atoms with van der Waals surface area (Å²) in [5, 5.41) is 3.09. The van der Waals surface area contributed by atoms with E-state index in [0.29, 0.717) is 19.1 Å². The number of nitrogens with one attached hydrogen (secondary N) is 1. The van der Waals surface area contributed by atoms with E-state index in [1.165, 1.54) is 19.5 Å². The fraction of sp³-hybridized carbons (Fsp3) is 0.731. The monoisotopic (exact) mass is 430 g/mol.